The second-order valence-corrected chi connectivity index (χ2v) is 7.42. The Hall–Kier alpha value is -1.86. The van der Waals surface area contributed by atoms with E-state index in [1.165, 1.54) is 11.3 Å². The zero-order valence-electron chi connectivity index (χ0n) is 14.3. The molecule has 2 aromatic heterocycles. The number of nitrogen functional groups attached to an aromatic ring is 1. The number of anilines is 2. The van der Waals surface area contributed by atoms with Crippen molar-refractivity contribution in [2.24, 2.45) is 5.73 Å². The number of primary amides is 1. The van der Waals surface area contributed by atoms with Crippen molar-refractivity contribution in [3.8, 4) is 0 Å². The van der Waals surface area contributed by atoms with E-state index >= 15 is 0 Å². The number of hydrogen-bond donors (Lipinski definition) is 2. The van der Waals surface area contributed by atoms with Crippen LogP contribution in [0.5, 0.6) is 0 Å². The van der Waals surface area contributed by atoms with Crippen molar-refractivity contribution in [2.75, 3.05) is 43.9 Å². The Morgan fingerprint density at radius 3 is 2.83 bits per heavy atom. The van der Waals surface area contributed by atoms with E-state index in [0.29, 0.717) is 10.6 Å². The summed E-state index contributed by atoms with van der Waals surface area (Å²) in [5.74, 6) is 0.509. The Bertz CT molecular complexity index is 757. The molecule has 7 heteroatoms. The molecule has 0 aromatic carbocycles. The molecule has 0 aliphatic carbocycles. The molecule has 1 amide bonds. The lowest BCUT2D eigenvalue weighted by Crippen LogP contribution is -2.29. The number of nitrogens with zero attached hydrogens (tertiary/aromatic N) is 3. The van der Waals surface area contributed by atoms with E-state index < -0.39 is 5.91 Å². The number of pyridine rings is 1. The van der Waals surface area contributed by atoms with E-state index in [1.807, 2.05) is 0 Å². The Morgan fingerprint density at radius 1 is 1.33 bits per heavy atom. The number of likely N-dealkylation sites (N-methyl/N-ethyl adjacent to an activating group) is 1. The summed E-state index contributed by atoms with van der Waals surface area (Å²) in [6.07, 6.45) is 3.06. The minimum absolute atomic E-state index is 0.419. The number of nitrogens with two attached hydrogens (primary N) is 2. The summed E-state index contributed by atoms with van der Waals surface area (Å²) < 4.78 is 0. The first kappa shape index (κ1) is 17.0. The van der Waals surface area contributed by atoms with Crippen LogP contribution >= 0.6 is 11.3 Å². The molecule has 1 saturated heterocycles. The summed E-state index contributed by atoms with van der Waals surface area (Å²) in [6.45, 7) is 6.24. The van der Waals surface area contributed by atoms with Gasteiger partial charge in [0.05, 0.1) is 5.69 Å². The van der Waals surface area contributed by atoms with Crippen molar-refractivity contribution in [1.82, 2.24) is 9.88 Å². The van der Waals surface area contributed by atoms with Crippen LogP contribution in [0.1, 0.15) is 35.0 Å². The fourth-order valence-corrected chi connectivity index (χ4v) is 4.26. The molecule has 130 valence electrons. The van der Waals surface area contributed by atoms with Crippen molar-refractivity contribution >= 4 is 39.0 Å². The van der Waals surface area contributed by atoms with Gasteiger partial charge in [-0.1, -0.05) is 13.3 Å². The largest absolute Gasteiger partial charge is 0.397 e. The SMILES string of the molecule is CCCc1cc(N2CCCN(C)CC2)nc2sc(C(N)=O)c(N)c12. The molecule has 3 heterocycles. The molecule has 1 fully saturated rings. The second kappa shape index (κ2) is 6.94. The molecule has 4 N–H and O–H groups in total. The molecule has 6 nitrogen and oxygen atoms in total. The van der Waals surface area contributed by atoms with Gasteiger partial charge >= 0.3 is 0 Å². The molecule has 0 unspecified atom stereocenters. The third kappa shape index (κ3) is 3.18. The Balaban J connectivity index is 2.07. The van der Waals surface area contributed by atoms with E-state index in [9.17, 15) is 4.79 Å². The summed E-state index contributed by atoms with van der Waals surface area (Å²) in [5.41, 5.74) is 13.3. The summed E-state index contributed by atoms with van der Waals surface area (Å²) in [5, 5.41) is 0.909. The fourth-order valence-electron chi connectivity index (χ4n) is 3.27. The van der Waals surface area contributed by atoms with Crippen molar-refractivity contribution in [1.29, 1.82) is 0 Å². The fraction of sp³-hybridized carbons (Fsp3) is 0.529. The molecule has 0 spiro atoms. The van der Waals surface area contributed by atoms with Crippen LogP contribution < -0.4 is 16.4 Å². The summed E-state index contributed by atoms with van der Waals surface area (Å²) in [7, 11) is 2.15. The summed E-state index contributed by atoms with van der Waals surface area (Å²) in [4.78, 5) is 22.4. The second-order valence-electron chi connectivity index (χ2n) is 6.42. The highest BCUT2D eigenvalue weighted by Crippen LogP contribution is 2.37. The van der Waals surface area contributed by atoms with Crippen LogP contribution in [0, 0.1) is 0 Å². The number of fused-ring (bicyclic) bond motifs is 1. The minimum atomic E-state index is -0.476. The molecule has 0 bridgehead atoms. The maximum Gasteiger partial charge on any atom is 0.260 e. The van der Waals surface area contributed by atoms with Crippen molar-refractivity contribution < 1.29 is 4.79 Å². The van der Waals surface area contributed by atoms with Crippen molar-refractivity contribution in [3.05, 3.63) is 16.5 Å². The van der Waals surface area contributed by atoms with Crippen molar-refractivity contribution in [2.45, 2.75) is 26.2 Å². The first-order valence-electron chi connectivity index (χ1n) is 8.46. The number of hydrogen-bond acceptors (Lipinski definition) is 6. The Kier molecular flexibility index (Phi) is 4.91. The number of aromatic nitrogens is 1. The predicted molar refractivity (Wildman–Crippen MR) is 101 cm³/mol. The number of rotatable bonds is 4. The molecule has 0 saturated carbocycles. The maximum atomic E-state index is 11.6. The lowest BCUT2D eigenvalue weighted by Gasteiger charge is -2.22. The monoisotopic (exact) mass is 347 g/mol. The maximum absolute atomic E-state index is 11.6. The molecule has 24 heavy (non-hydrogen) atoms. The highest BCUT2D eigenvalue weighted by molar-refractivity contribution is 7.21. The van der Waals surface area contributed by atoms with Crippen LogP contribution in [0.4, 0.5) is 11.5 Å². The molecule has 0 atom stereocenters. The molecule has 2 aromatic rings. The van der Waals surface area contributed by atoms with E-state index in [2.05, 4.69) is 29.8 Å². The van der Waals surface area contributed by atoms with E-state index in [1.54, 1.807) is 0 Å². The average Bonchev–Trinajstić information content (AvgIpc) is 2.73. The highest BCUT2D eigenvalue weighted by atomic mass is 32.1. The zero-order valence-corrected chi connectivity index (χ0v) is 15.2. The molecule has 0 radical (unpaired) electrons. The average molecular weight is 347 g/mol. The first-order chi connectivity index (χ1) is 11.5. The molecular weight excluding hydrogens is 322 g/mol. The first-order valence-corrected chi connectivity index (χ1v) is 9.28. The van der Waals surface area contributed by atoms with Crippen LogP contribution in [0.2, 0.25) is 0 Å². The van der Waals surface area contributed by atoms with Gasteiger partial charge in [-0.05, 0) is 38.1 Å². The lowest BCUT2D eigenvalue weighted by molar-refractivity contribution is 0.100. The van der Waals surface area contributed by atoms with Crippen LogP contribution in [0.3, 0.4) is 0 Å². The number of carbonyl (C=O) groups excluding carboxylic acids is 1. The Labute approximate surface area is 146 Å². The Morgan fingerprint density at radius 2 is 2.12 bits per heavy atom. The topological polar surface area (TPSA) is 88.5 Å². The van der Waals surface area contributed by atoms with Crippen LogP contribution in [0.25, 0.3) is 10.2 Å². The van der Waals surface area contributed by atoms with E-state index in [-0.39, 0.29) is 0 Å². The van der Waals surface area contributed by atoms with Crippen LogP contribution in [-0.2, 0) is 6.42 Å². The quantitative estimate of drug-likeness (QED) is 0.884. The van der Waals surface area contributed by atoms with Gasteiger partial charge in [0.1, 0.15) is 15.5 Å². The standard InChI is InChI=1S/C17H25N5OS/c1-3-5-11-10-12(22-7-4-6-21(2)8-9-22)20-17-13(11)14(18)15(24-17)16(19)23/h10H,3-9,18H2,1-2H3,(H2,19,23). The van der Waals surface area contributed by atoms with Gasteiger partial charge in [-0.2, -0.15) is 0 Å². The van der Waals surface area contributed by atoms with Gasteiger partial charge in [0.15, 0.2) is 0 Å². The molecule has 1 aliphatic heterocycles. The third-order valence-electron chi connectivity index (χ3n) is 4.55. The number of aryl methyl sites for hydroxylation is 1. The van der Waals surface area contributed by atoms with Gasteiger partial charge in [0, 0.05) is 25.0 Å². The lowest BCUT2D eigenvalue weighted by atomic mass is 10.1. The zero-order chi connectivity index (χ0) is 17.3. The summed E-state index contributed by atoms with van der Waals surface area (Å²) in [6, 6.07) is 2.14. The number of amides is 1. The van der Waals surface area contributed by atoms with E-state index in [4.69, 9.17) is 16.5 Å². The minimum Gasteiger partial charge on any atom is -0.397 e. The molecule has 3 rings (SSSR count). The van der Waals surface area contributed by atoms with E-state index in [0.717, 1.165) is 67.0 Å². The van der Waals surface area contributed by atoms with Crippen LogP contribution in [-0.4, -0.2) is 49.0 Å². The smallest absolute Gasteiger partial charge is 0.260 e. The van der Waals surface area contributed by atoms with Gasteiger partial charge in [-0.3, -0.25) is 4.79 Å². The number of carbonyl (C=O) groups is 1. The third-order valence-corrected chi connectivity index (χ3v) is 5.67. The highest BCUT2D eigenvalue weighted by Gasteiger charge is 2.21. The van der Waals surface area contributed by atoms with Gasteiger partial charge in [-0.15, -0.1) is 11.3 Å². The normalized spacial score (nSPS) is 16.5. The molecular formula is C17H25N5OS. The van der Waals surface area contributed by atoms with Gasteiger partial charge in [0.25, 0.3) is 5.91 Å². The van der Waals surface area contributed by atoms with Gasteiger partial charge < -0.3 is 21.3 Å². The van der Waals surface area contributed by atoms with Crippen LogP contribution in [0.15, 0.2) is 6.07 Å². The van der Waals surface area contributed by atoms with Crippen molar-refractivity contribution in [3.63, 3.8) is 0 Å². The summed E-state index contributed by atoms with van der Waals surface area (Å²) >= 11 is 1.31. The number of thiophene rings is 1. The predicted octanol–water partition coefficient (Wildman–Crippen LogP) is 2.07. The van der Waals surface area contributed by atoms with Gasteiger partial charge in [-0.25, -0.2) is 4.98 Å². The van der Waals surface area contributed by atoms with Gasteiger partial charge in [0.2, 0.25) is 0 Å². The molecule has 1 aliphatic rings.